The molecule has 1 fully saturated rings. The minimum atomic E-state index is -0.0160. The molecule has 1 aliphatic carbocycles. The Labute approximate surface area is 170 Å². The van der Waals surface area contributed by atoms with Crippen molar-refractivity contribution in [3.63, 3.8) is 0 Å². The highest BCUT2D eigenvalue weighted by Crippen LogP contribution is 2.32. The highest BCUT2D eigenvalue weighted by atomic mass is 16.2. The lowest BCUT2D eigenvalue weighted by Gasteiger charge is -2.26. The average molecular weight is 387 g/mol. The maximum Gasteiger partial charge on any atom is 0.223 e. The molecule has 6 nitrogen and oxygen atoms in total. The molecular formula is C23H25N5O. The molecule has 29 heavy (non-hydrogen) atoms. The van der Waals surface area contributed by atoms with Crippen LogP contribution < -0.4 is 10.6 Å². The number of pyridine rings is 1. The molecule has 3 N–H and O–H groups in total. The minimum Gasteiger partial charge on any atom is -0.351 e. The maximum atomic E-state index is 13.1. The second kappa shape index (κ2) is 7.79. The summed E-state index contributed by atoms with van der Waals surface area (Å²) in [6.07, 6.45) is 6.00. The van der Waals surface area contributed by atoms with E-state index in [0.29, 0.717) is 5.92 Å². The number of nitrogens with one attached hydrogen (secondary N) is 3. The number of fused-ring (bicyclic) bond motifs is 1. The van der Waals surface area contributed by atoms with Crippen LogP contribution in [-0.4, -0.2) is 40.2 Å². The summed E-state index contributed by atoms with van der Waals surface area (Å²) in [5.41, 5.74) is 5.60. The summed E-state index contributed by atoms with van der Waals surface area (Å²) in [5.74, 6) is 0.463. The van der Waals surface area contributed by atoms with Crippen LogP contribution in [-0.2, 0) is 17.6 Å². The zero-order valence-electron chi connectivity index (χ0n) is 16.3. The van der Waals surface area contributed by atoms with E-state index in [9.17, 15) is 4.79 Å². The fraction of sp³-hybridized carbons (Fsp3) is 0.348. The number of carbonyl (C=O) groups excluding carboxylic acids is 1. The summed E-state index contributed by atoms with van der Waals surface area (Å²) in [4.78, 5) is 17.2. The highest BCUT2D eigenvalue weighted by Gasteiger charge is 2.34. The quantitative estimate of drug-likeness (QED) is 0.642. The highest BCUT2D eigenvalue weighted by molar-refractivity contribution is 5.80. The van der Waals surface area contributed by atoms with E-state index in [4.69, 9.17) is 0 Å². The molecule has 1 amide bonds. The van der Waals surface area contributed by atoms with Crippen molar-refractivity contribution in [3.8, 4) is 11.3 Å². The van der Waals surface area contributed by atoms with E-state index in [1.54, 1.807) is 12.4 Å². The number of carbonyl (C=O) groups is 1. The molecule has 0 unspecified atom stereocenters. The number of hydrogen-bond donors (Lipinski definition) is 3. The smallest absolute Gasteiger partial charge is 0.223 e. The first-order valence-electron chi connectivity index (χ1n) is 10.3. The number of aryl methyl sites for hydroxylation is 1. The maximum absolute atomic E-state index is 13.1. The number of nitrogens with zero attached hydrogens (tertiary/aromatic N) is 2. The zero-order valence-corrected chi connectivity index (χ0v) is 16.3. The van der Waals surface area contributed by atoms with E-state index in [2.05, 4.69) is 50.1 Å². The summed E-state index contributed by atoms with van der Waals surface area (Å²) in [5, 5.41) is 14.5. The number of H-pyrrole nitrogens is 1. The Morgan fingerprint density at radius 2 is 1.90 bits per heavy atom. The van der Waals surface area contributed by atoms with Crippen LogP contribution in [0.3, 0.4) is 0 Å². The first-order chi connectivity index (χ1) is 14.3. The van der Waals surface area contributed by atoms with Crippen LogP contribution in [0.15, 0.2) is 54.9 Å². The molecule has 3 atom stereocenters. The fourth-order valence-electron chi connectivity index (χ4n) is 4.65. The molecular weight excluding hydrogens is 362 g/mol. The van der Waals surface area contributed by atoms with Crippen molar-refractivity contribution in [2.45, 2.75) is 31.2 Å². The minimum absolute atomic E-state index is 0.0160. The van der Waals surface area contributed by atoms with Gasteiger partial charge in [-0.1, -0.05) is 30.3 Å². The Kier molecular flexibility index (Phi) is 4.86. The SMILES string of the molecule is O=C(N[C@@H]1CNC[C@H]1c1ccccc1)[C@@H]1CCc2[nH]nc(-c3ccncc3)c2C1. The van der Waals surface area contributed by atoms with Crippen LogP contribution in [0.5, 0.6) is 0 Å². The Morgan fingerprint density at radius 1 is 1.07 bits per heavy atom. The summed E-state index contributed by atoms with van der Waals surface area (Å²) in [6, 6.07) is 14.5. The summed E-state index contributed by atoms with van der Waals surface area (Å²) >= 11 is 0. The van der Waals surface area contributed by atoms with Crippen molar-refractivity contribution in [2.24, 2.45) is 5.92 Å². The third kappa shape index (κ3) is 3.56. The number of aromatic amines is 1. The predicted octanol–water partition coefficient (Wildman–Crippen LogP) is 2.45. The topological polar surface area (TPSA) is 82.7 Å². The molecule has 5 rings (SSSR count). The van der Waals surface area contributed by atoms with Crippen LogP contribution in [0, 0.1) is 5.92 Å². The predicted molar refractivity (Wildman–Crippen MR) is 111 cm³/mol. The van der Waals surface area contributed by atoms with Gasteiger partial charge >= 0.3 is 0 Å². The van der Waals surface area contributed by atoms with Crippen molar-refractivity contribution >= 4 is 5.91 Å². The molecule has 3 heterocycles. The van der Waals surface area contributed by atoms with Crippen LogP contribution in [0.2, 0.25) is 0 Å². The second-order valence-electron chi connectivity index (χ2n) is 8.00. The number of benzene rings is 1. The third-order valence-corrected chi connectivity index (χ3v) is 6.24. The molecule has 2 aromatic heterocycles. The van der Waals surface area contributed by atoms with Crippen LogP contribution in [0.1, 0.15) is 29.2 Å². The van der Waals surface area contributed by atoms with Gasteiger partial charge in [-0.25, -0.2) is 0 Å². The van der Waals surface area contributed by atoms with E-state index in [1.165, 1.54) is 11.1 Å². The summed E-state index contributed by atoms with van der Waals surface area (Å²) in [6.45, 7) is 1.72. The van der Waals surface area contributed by atoms with E-state index < -0.39 is 0 Å². The van der Waals surface area contributed by atoms with Gasteiger partial charge < -0.3 is 10.6 Å². The van der Waals surface area contributed by atoms with Gasteiger partial charge in [0.1, 0.15) is 0 Å². The molecule has 6 heteroatoms. The normalized spacial score (nSPS) is 23.5. The lowest BCUT2D eigenvalue weighted by atomic mass is 9.84. The van der Waals surface area contributed by atoms with Gasteiger partial charge in [0.05, 0.1) is 5.69 Å². The van der Waals surface area contributed by atoms with Gasteiger partial charge in [-0.05, 0) is 37.0 Å². The van der Waals surface area contributed by atoms with E-state index in [-0.39, 0.29) is 17.9 Å². The number of amides is 1. The van der Waals surface area contributed by atoms with Gasteiger partial charge in [-0.3, -0.25) is 14.9 Å². The van der Waals surface area contributed by atoms with E-state index in [1.807, 2.05) is 18.2 Å². The second-order valence-corrected chi connectivity index (χ2v) is 8.00. The van der Waals surface area contributed by atoms with Crippen molar-refractivity contribution in [1.29, 1.82) is 0 Å². The Bertz CT molecular complexity index is 985. The monoisotopic (exact) mass is 387 g/mol. The van der Waals surface area contributed by atoms with Gasteiger partial charge in [-0.15, -0.1) is 0 Å². The van der Waals surface area contributed by atoms with Gasteiger partial charge in [0.15, 0.2) is 0 Å². The largest absolute Gasteiger partial charge is 0.351 e. The summed E-state index contributed by atoms with van der Waals surface area (Å²) in [7, 11) is 0. The van der Waals surface area contributed by atoms with Crippen molar-refractivity contribution in [2.75, 3.05) is 13.1 Å². The standard InChI is InChI=1S/C23H25N5O/c29-23(26-21-14-25-13-19(21)15-4-2-1-3-5-15)17-6-7-20-18(12-17)22(28-27-20)16-8-10-24-11-9-16/h1-5,8-11,17,19,21,25H,6-7,12-14H2,(H,26,29)(H,27,28)/t17-,19+,21-/m1/s1. The van der Waals surface area contributed by atoms with Gasteiger partial charge in [0, 0.05) is 60.2 Å². The summed E-state index contributed by atoms with van der Waals surface area (Å²) < 4.78 is 0. The molecule has 2 aliphatic rings. The molecule has 148 valence electrons. The van der Waals surface area contributed by atoms with Crippen molar-refractivity contribution in [3.05, 3.63) is 71.7 Å². The Morgan fingerprint density at radius 3 is 2.72 bits per heavy atom. The number of rotatable bonds is 4. The molecule has 0 bridgehead atoms. The van der Waals surface area contributed by atoms with Crippen molar-refractivity contribution in [1.82, 2.24) is 25.8 Å². The molecule has 3 aromatic rings. The Balaban J connectivity index is 1.31. The Hall–Kier alpha value is -2.99. The first-order valence-corrected chi connectivity index (χ1v) is 10.3. The molecule has 1 aliphatic heterocycles. The van der Waals surface area contributed by atoms with Crippen LogP contribution in [0.25, 0.3) is 11.3 Å². The van der Waals surface area contributed by atoms with Gasteiger partial charge in [0.2, 0.25) is 5.91 Å². The zero-order chi connectivity index (χ0) is 19.6. The molecule has 1 aromatic carbocycles. The van der Waals surface area contributed by atoms with Crippen molar-refractivity contribution < 1.29 is 4.79 Å². The fourth-order valence-corrected chi connectivity index (χ4v) is 4.65. The lowest BCUT2D eigenvalue weighted by molar-refractivity contribution is -0.126. The van der Waals surface area contributed by atoms with E-state index >= 15 is 0 Å². The van der Waals surface area contributed by atoms with Crippen LogP contribution >= 0.6 is 0 Å². The molecule has 0 spiro atoms. The molecule has 0 radical (unpaired) electrons. The van der Waals surface area contributed by atoms with Crippen LogP contribution in [0.4, 0.5) is 0 Å². The molecule has 1 saturated heterocycles. The number of hydrogen-bond acceptors (Lipinski definition) is 4. The van der Waals surface area contributed by atoms with E-state index in [0.717, 1.165) is 49.3 Å². The lowest BCUT2D eigenvalue weighted by Crippen LogP contribution is -2.43. The van der Waals surface area contributed by atoms with Gasteiger partial charge in [-0.2, -0.15) is 5.10 Å². The number of aromatic nitrogens is 3. The third-order valence-electron chi connectivity index (χ3n) is 6.24. The average Bonchev–Trinajstić information content (AvgIpc) is 3.41. The first kappa shape index (κ1) is 18.1. The molecule has 0 saturated carbocycles. The van der Waals surface area contributed by atoms with Gasteiger partial charge in [0.25, 0.3) is 0 Å².